The third-order valence-corrected chi connectivity index (χ3v) is 10.5. The molecule has 4 aromatic carbocycles. The Labute approximate surface area is 254 Å². The summed E-state index contributed by atoms with van der Waals surface area (Å²) in [7, 11) is 0. The standard InChI is InChI=1S/C38H29NO5/c40-31-20-28(21-9-3-1-4-10-21)35(42)30-19-29-25(17-18-26-32(29)37(44)39-36(26)43)33(38(30,31)23-12-5-2-6-13-23)27-16-15-22-11-7-8-14-24(22)34(27)41/h1-17,20,26,29-30,32-33,41H,18-19H2,(H,39,43,44)/t26-,29+,30-,32-,33+,38-/m0/s1. The van der Waals surface area contributed by atoms with Gasteiger partial charge in [-0.25, -0.2) is 0 Å². The molecular weight excluding hydrogens is 550 g/mol. The van der Waals surface area contributed by atoms with Gasteiger partial charge in [0.2, 0.25) is 11.8 Å². The molecule has 6 nitrogen and oxygen atoms in total. The third-order valence-electron chi connectivity index (χ3n) is 10.5. The molecule has 4 aromatic rings. The molecular formula is C38H29NO5. The second-order valence-electron chi connectivity index (χ2n) is 12.4. The summed E-state index contributed by atoms with van der Waals surface area (Å²) >= 11 is 0. The number of benzene rings is 4. The number of aromatic hydroxyl groups is 1. The van der Waals surface area contributed by atoms with Crippen LogP contribution in [0.3, 0.4) is 0 Å². The Morgan fingerprint density at radius 3 is 2.23 bits per heavy atom. The van der Waals surface area contributed by atoms with Crippen molar-refractivity contribution < 1.29 is 24.3 Å². The Kier molecular flexibility index (Phi) is 5.85. The fraction of sp³-hybridized carbons (Fsp3) is 0.211. The molecule has 1 saturated heterocycles. The summed E-state index contributed by atoms with van der Waals surface area (Å²) in [5.74, 6) is -4.16. The number of phenolic OH excluding ortho intramolecular Hbond substituents is 1. The van der Waals surface area contributed by atoms with Gasteiger partial charge < -0.3 is 5.11 Å². The number of hydrogen-bond acceptors (Lipinski definition) is 5. The highest BCUT2D eigenvalue weighted by molar-refractivity contribution is 6.31. The van der Waals surface area contributed by atoms with Crippen LogP contribution >= 0.6 is 0 Å². The fourth-order valence-electron chi connectivity index (χ4n) is 8.63. The zero-order chi connectivity index (χ0) is 30.2. The zero-order valence-electron chi connectivity index (χ0n) is 23.8. The smallest absolute Gasteiger partial charge is 0.231 e. The highest BCUT2D eigenvalue weighted by Gasteiger charge is 2.65. The molecule has 8 rings (SSSR count). The van der Waals surface area contributed by atoms with Gasteiger partial charge in [0, 0.05) is 28.4 Å². The largest absolute Gasteiger partial charge is 0.507 e. The number of Topliss-reactive ketones (excluding diaryl/α,β-unsaturated/α-hetero) is 1. The molecule has 0 bridgehead atoms. The maximum absolute atomic E-state index is 15.0. The van der Waals surface area contributed by atoms with E-state index in [-0.39, 0.29) is 35.6 Å². The van der Waals surface area contributed by atoms with Crippen molar-refractivity contribution in [2.45, 2.75) is 24.2 Å². The first-order valence-electron chi connectivity index (χ1n) is 15.1. The number of imide groups is 1. The number of carbonyl (C=O) groups is 4. The Morgan fingerprint density at radius 1 is 0.750 bits per heavy atom. The van der Waals surface area contributed by atoms with Gasteiger partial charge in [-0.05, 0) is 41.3 Å². The van der Waals surface area contributed by atoms with Crippen molar-refractivity contribution in [3.63, 3.8) is 0 Å². The second-order valence-corrected chi connectivity index (χ2v) is 12.4. The molecule has 44 heavy (non-hydrogen) atoms. The number of phenols is 1. The van der Waals surface area contributed by atoms with E-state index in [0.29, 0.717) is 34.1 Å². The molecule has 1 saturated carbocycles. The van der Waals surface area contributed by atoms with Gasteiger partial charge in [-0.2, -0.15) is 0 Å². The Bertz CT molecular complexity index is 1960. The number of fused-ring (bicyclic) bond motifs is 5. The van der Waals surface area contributed by atoms with Crippen LogP contribution in [-0.4, -0.2) is 28.5 Å². The number of allylic oxidation sites excluding steroid dienone is 4. The molecule has 0 radical (unpaired) electrons. The van der Waals surface area contributed by atoms with Gasteiger partial charge in [-0.1, -0.05) is 109 Å². The minimum absolute atomic E-state index is 0.0517. The van der Waals surface area contributed by atoms with Crippen LogP contribution in [0.4, 0.5) is 0 Å². The predicted octanol–water partition coefficient (Wildman–Crippen LogP) is 5.66. The summed E-state index contributed by atoms with van der Waals surface area (Å²) in [4.78, 5) is 56.0. The first kappa shape index (κ1) is 26.5. The van der Waals surface area contributed by atoms with Crippen LogP contribution in [0.2, 0.25) is 0 Å². The number of carbonyl (C=O) groups excluding carboxylic acids is 4. The molecule has 216 valence electrons. The Balaban J connectivity index is 1.45. The molecule has 2 amide bonds. The number of amides is 2. The Morgan fingerprint density at radius 2 is 1.45 bits per heavy atom. The van der Waals surface area contributed by atoms with E-state index in [4.69, 9.17) is 0 Å². The van der Waals surface area contributed by atoms with Gasteiger partial charge >= 0.3 is 0 Å². The summed E-state index contributed by atoms with van der Waals surface area (Å²) in [6.45, 7) is 0. The predicted molar refractivity (Wildman–Crippen MR) is 165 cm³/mol. The van der Waals surface area contributed by atoms with Crippen molar-refractivity contribution >= 4 is 39.7 Å². The molecule has 0 aromatic heterocycles. The van der Waals surface area contributed by atoms with Gasteiger partial charge in [0.05, 0.1) is 17.3 Å². The van der Waals surface area contributed by atoms with Crippen LogP contribution in [0.25, 0.3) is 16.3 Å². The molecule has 2 fully saturated rings. The molecule has 6 heteroatoms. The maximum Gasteiger partial charge on any atom is 0.231 e. The number of ketones is 2. The lowest BCUT2D eigenvalue weighted by molar-refractivity contribution is -0.135. The summed E-state index contributed by atoms with van der Waals surface area (Å²) in [5.41, 5.74) is 1.70. The number of nitrogens with one attached hydrogen (secondary N) is 1. The van der Waals surface area contributed by atoms with Crippen molar-refractivity contribution in [3.8, 4) is 5.75 Å². The summed E-state index contributed by atoms with van der Waals surface area (Å²) < 4.78 is 0. The van der Waals surface area contributed by atoms with Crippen molar-refractivity contribution in [1.29, 1.82) is 0 Å². The van der Waals surface area contributed by atoms with Crippen LogP contribution in [0.5, 0.6) is 5.75 Å². The molecule has 1 aliphatic heterocycles. The highest BCUT2D eigenvalue weighted by atomic mass is 16.3. The lowest BCUT2D eigenvalue weighted by atomic mass is 9.44. The minimum Gasteiger partial charge on any atom is -0.507 e. The monoisotopic (exact) mass is 579 g/mol. The number of rotatable bonds is 3. The minimum atomic E-state index is -1.37. The van der Waals surface area contributed by atoms with Gasteiger partial charge in [0.15, 0.2) is 11.6 Å². The fourth-order valence-corrected chi connectivity index (χ4v) is 8.63. The lowest BCUT2D eigenvalue weighted by Gasteiger charge is -2.55. The molecule has 6 atom stereocenters. The van der Waals surface area contributed by atoms with Crippen LogP contribution in [0.15, 0.2) is 115 Å². The van der Waals surface area contributed by atoms with E-state index in [2.05, 4.69) is 5.32 Å². The first-order chi connectivity index (χ1) is 21.4. The van der Waals surface area contributed by atoms with E-state index >= 15 is 0 Å². The van der Waals surface area contributed by atoms with Crippen molar-refractivity contribution in [2.24, 2.45) is 23.7 Å². The number of hydrogen-bond donors (Lipinski definition) is 2. The van der Waals surface area contributed by atoms with E-state index in [1.165, 1.54) is 6.08 Å². The molecule has 0 unspecified atom stereocenters. The van der Waals surface area contributed by atoms with E-state index in [1.807, 2.05) is 103 Å². The first-order valence-corrected chi connectivity index (χ1v) is 15.1. The maximum atomic E-state index is 15.0. The van der Waals surface area contributed by atoms with E-state index in [1.54, 1.807) is 0 Å². The molecule has 0 spiro atoms. The Hall–Kier alpha value is -5.10. The van der Waals surface area contributed by atoms with Crippen LogP contribution < -0.4 is 5.32 Å². The highest BCUT2D eigenvalue weighted by Crippen LogP contribution is 2.64. The molecule has 2 N–H and O–H groups in total. The molecule has 1 heterocycles. The average Bonchev–Trinajstić information content (AvgIpc) is 3.36. The zero-order valence-corrected chi connectivity index (χ0v) is 23.8. The SMILES string of the molecule is O=C1NC(=O)[C@H]2CC=C3[C@@H](C[C@H]4C(=O)C(c5ccccc5)=CC(=O)[C@@]4(c4ccccc4)[C@H]3c3ccc4ccccc4c3O)[C@@H]12. The third kappa shape index (κ3) is 3.54. The van der Waals surface area contributed by atoms with E-state index in [0.717, 1.165) is 11.0 Å². The summed E-state index contributed by atoms with van der Waals surface area (Å²) in [6, 6.07) is 29.9. The second kappa shape index (κ2) is 9.71. The quantitative estimate of drug-likeness (QED) is 0.241. The molecule has 4 aliphatic rings. The van der Waals surface area contributed by atoms with Crippen LogP contribution in [0.1, 0.15) is 35.4 Å². The van der Waals surface area contributed by atoms with Gasteiger partial charge in [-0.15, -0.1) is 0 Å². The average molecular weight is 580 g/mol. The van der Waals surface area contributed by atoms with Crippen molar-refractivity contribution in [1.82, 2.24) is 5.32 Å². The van der Waals surface area contributed by atoms with Crippen LogP contribution in [-0.2, 0) is 24.6 Å². The summed E-state index contributed by atoms with van der Waals surface area (Å²) in [6.07, 6.45) is 4.08. The van der Waals surface area contributed by atoms with Gasteiger partial charge in [0.1, 0.15) is 5.75 Å². The van der Waals surface area contributed by atoms with Gasteiger partial charge in [-0.3, -0.25) is 24.5 Å². The van der Waals surface area contributed by atoms with Crippen LogP contribution in [0, 0.1) is 23.7 Å². The van der Waals surface area contributed by atoms with Crippen molar-refractivity contribution in [2.75, 3.05) is 0 Å². The van der Waals surface area contributed by atoms with E-state index in [9.17, 15) is 24.3 Å². The van der Waals surface area contributed by atoms with E-state index < -0.39 is 35.0 Å². The topological polar surface area (TPSA) is 101 Å². The molecule has 3 aliphatic carbocycles. The van der Waals surface area contributed by atoms with Gasteiger partial charge in [0.25, 0.3) is 0 Å². The lowest BCUT2D eigenvalue weighted by Crippen LogP contribution is -2.58. The normalized spacial score (nSPS) is 29.3. The van der Waals surface area contributed by atoms with Crippen molar-refractivity contribution in [3.05, 3.63) is 131 Å². The summed E-state index contributed by atoms with van der Waals surface area (Å²) in [5, 5.41) is 16.0.